The highest BCUT2D eigenvalue weighted by atomic mass is 79.9. The maximum Gasteiger partial charge on any atom is 0.325 e. The van der Waals surface area contributed by atoms with E-state index in [2.05, 4.69) is 21.2 Å². The number of halogens is 1. The van der Waals surface area contributed by atoms with Gasteiger partial charge < -0.3 is 10.2 Å². The van der Waals surface area contributed by atoms with Crippen molar-refractivity contribution in [1.82, 2.24) is 15.1 Å². The number of hydrogen-bond acceptors (Lipinski definition) is 3. The van der Waals surface area contributed by atoms with Gasteiger partial charge in [-0.3, -0.25) is 14.5 Å². The predicted molar refractivity (Wildman–Crippen MR) is 122 cm³/mol. The molecule has 158 valence electrons. The molecular formula is C24H22BrN3O3. The van der Waals surface area contributed by atoms with E-state index in [1.165, 1.54) is 4.90 Å². The number of benzene rings is 3. The molecule has 0 radical (unpaired) electrons. The highest BCUT2D eigenvalue weighted by molar-refractivity contribution is 9.10. The molecule has 3 aromatic rings. The van der Waals surface area contributed by atoms with Crippen LogP contribution in [0.2, 0.25) is 0 Å². The van der Waals surface area contributed by atoms with Crippen LogP contribution in [0.1, 0.15) is 18.1 Å². The minimum atomic E-state index is -1.22. The van der Waals surface area contributed by atoms with Gasteiger partial charge in [0.05, 0.1) is 0 Å². The first-order chi connectivity index (χ1) is 14.8. The number of hydrogen-bond donors (Lipinski definition) is 1. The van der Waals surface area contributed by atoms with E-state index >= 15 is 0 Å². The zero-order chi connectivity index (χ0) is 22.2. The largest absolute Gasteiger partial charge is 0.340 e. The second-order valence-electron chi connectivity index (χ2n) is 7.85. The Morgan fingerprint density at radius 1 is 1.03 bits per heavy atom. The second-order valence-corrected chi connectivity index (χ2v) is 8.70. The molecule has 4 rings (SSSR count). The molecule has 1 saturated heterocycles. The first kappa shape index (κ1) is 21.1. The number of fused-ring (bicyclic) bond motifs is 1. The summed E-state index contributed by atoms with van der Waals surface area (Å²) >= 11 is 3.47. The van der Waals surface area contributed by atoms with Gasteiger partial charge in [-0.1, -0.05) is 70.5 Å². The molecule has 1 N–H and O–H groups in total. The van der Waals surface area contributed by atoms with E-state index in [0.29, 0.717) is 12.1 Å². The summed E-state index contributed by atoms with van der Waals surface area (Å²) in [6.07, 6.45) is 0. The summed E-state index contributed by atoms with van der Waals surface area (Å²) in [4.78, 5) is 41.1. The maximum atomic E-state index is 13.2. The van der Waals surface area contributed by atoms with E-state index in [9.17, 15) is 14.4 Å². The Balaban J connectivity index is 1.52. The fourth-order valence-electron chi connectivity index (χ4n) is 3.76. The van der Waals surface area contributed by atoms with Gasteiger partial charge in [0.25, 0.3) is 5.91 Å². The van der Waals surface area contributed by atoms with Gasteiger partial charge >= 0.3 is 6.03 Å². The lowest BCUT2D eigenvalue weighted by Gasteiger charge is -2.24. The molecule has 0 aliphatic carbocycles. The summed E-state index contributed by atoms with van der Waals surface area (Å²) < 4.78 is 0.897. The molecule has 0 bridgehead atoms. The first-order valence-corrected chi connectivity index (χ1v) is 10.7. The van der Waals surface area contributed by atoms with Crippen molar-refractivity contribution in [2.45, 2.75) is 19.0 Å². The Morgan fingerprint density at radius 2 is 1.71 bits per heavy atom. The monoisotopic (exact) mass is 479 g/mol. The van der Waals surface area contributed by atoms with E-state index in [1.807, 2.05) is 66.7 Å². The highest BCUT2D eigenvalue weighted by Crippen LogP contribution is 2.31. The van der Waals surface area contributed by atoms with E-state index in [4.69, 9.17) is 0 Å². The lowest BCUT2D eigenvalue weighted by Crippen LogP contribution is -2.43. The van der Waals surface area contributed by atoms with Crippen molar-refractivity contribution in [2.24, 2.45) is 0 Å². The smallest absolute Gasteiger partial charge is 0.325 e. The Hall–Kier alpha value is -3.19. The van der Waals surface area contributed by atoms with Crippen molar-refractivity contribution in [2.75, 3.05) is 13.6 Å². The summed E-state index contributed by atoms with van der Waals surface area (Å²) in [6, 6.07) is 20.5. The zero-order valence-corrected chi connectivity index (χ0v) is 18.8. The van der Waals surface area contributed by atoms with Crippen LogP contribution in [0.4, 0.5) is 4.79 Å². The highest BCUT2D eigenvalue weighted by Gasteiger charge is 2.49. The van der Waals surface area contributed by atoms with Gasteiger partial charge in [0.15, 0.2) is 0 Å². The summed E-state index contributed by atoms with van der Waals surface area (Å²) in [7, 11) is 1.66. The maximum absolute atomic E-state index is 13.2. The first-order valence-electron chi connectivity index (χ1n) is 9.90. The van der Waals surface area contributed by atoms with E-state index in [0.717, 1.165) is 25.7 Å². The van der Waals surface area contributed by atoms with Crippen LogP contribution in [0.15, 0.2) is 71.2 Å². The lowest BCUT2D eigenvalue weighted by molar-refractivity contribution is -0.138. The van der Waals surface area contributed by atoms with Crippen molar-refractivity contribution in [3.8, 4) is 0 Å². The zero-order valence-electron chi connectivity index (χ0n) is 17.3. The van der Waals surface area contributed by atoms with E-state index < -0.39 is 17.5 Å². The number of amides is 4. The summed E-state index contributed by atoms with van der Waals surface area (Å²) in [5, 5.41) is 4.80. The molecule has 1 atom stereocenters. The molecule has 4 amide bonds. The average molecular weight is 480 g/mol. The molecule has 1 aliphatic rings. The van der Waals surface area contributed by atoms with Crippen LogP contribution in [0.5, 0.6) is 0 Å². The van der Waals surface area contributed by atoms with Gasteiger partial charge in [0.1, 0.15) is 12.1 Å². The molecule has 1 aliphatic heterocycles. The summed E-state index contributed by atoms with van der Waals surface area (Å²) in [5.74, 6) is -0.752. The van der Waals surface area contributed by atoms with Crippen LogP contribution in [0.3, 0.4) is 0 Å². The number of urea groups is 1. The van der Waals surface area contributed by atoms with Crippen molar-refractivity contribution in [3.63, 3.8) is 0 Å². The van der Waals surface area contributed by atoms with Crippen molar-refractivity contribution in [3.05, 3.63) is 82.3 Å². The lowest BCUT2D eigenvalue weighted by atomic mass is 9.90. The molecule has 6 nitrogen and oxygen atoms in total. The molecule has 3 aromatic carbocycles. The molecule has 0 saturated carbocycles. The minimum absolute atomic E-state index is 0.311. The molecule has 1 fully saturated rings. The van der Waals surface area contributed by atoms with Crippen molar-refractivity contribution in [1.29, 1.82) is 0 Å². The molecular weight excluding hydrogens is 458 g/mol. The Morgan fingerprint density at radius 3 is 2.45 bits per heavy atom. The molecule has 1 heterocycles. The van der Waals surface area contributed by atoms with Gasteiger partial charge in [0.2, 0.25) is 5.91 Å². The number of likely N-dealkylation sites (N-methyl/N-ethyl adjacent to an activating group) is 1. The van der Waals surface area contributed by atoms with Crippen molar-refractivity contribution >= 4 is 44.5 Å². The summed E-state index contributed by atoms with van der Waals surface area (Å²) in [6.45, 7) is 1.73. The summed E-state index contributed by atoms with van der Waals surface area (Å²) in [5.41, 5.74) is 0.403. The molecule has 0 spiro atoms. The van der Waals surface area contributed by atoms with Crippen LogP contribution in [-0.2, 0) is 21.7 Å². The molecule has 0 aromatic heterocycles. The standard InChI is InChI=1S/C24H22BrN3O3/c1-24(19-12-11-16-7-3-4-8-17(16)13-19)22(30)28(23(31)26-24)15-21(29)27(2)14-18-9-5-6-10-20(18)25/h3-13H,14-15H2,1-2H3,(H,26,31)/t24-/m0/s1. The van der Waals surface area contributed by atoms with Gasteiger partial charge in [0, 0.05) is 18.1 Å². The van der Waals surface area contributed by atoms with E-state index in [1.54, 1.807) is 14.0 Å². The van der Waals surface area contributed by atoms with Crippen LogP contribution in [0, 0.1) is 0 Å². The second kappa shape index (κ2) is 8.15. The van der Waals surface area contributed by atoms with E-state index in [-0.39, 0.29) is 12.5 Å². The van der Waals surface area contributed by atoms with Crippen LogP contribution >= 0.6 is 15.9 Å². The predicted octanol–water partition coefficient (Wildman–Crippen LogP) is 4.03. The minimum Gasteiger partial charge on any atom is -0.340 e. The van der Waals surface area contributed by atoms with Gasteiger partial charge in [-0.2, -0.15) is 0 Å². The third-order valence-corrected chi connectivity index (χ3v) is 6.46. The number of nitrogens with zero attached hydrogens (tertiary/aromatic N) is 2. The van der Waals surface area contributed by atoms with Crippen LogP contribution < -0.4 is 5.32 Å². The Bertz CT molecular complexity index is 1200. The topological polar surface area (TPSA) is 69.7 Å². The van der Waals surface area contributed by atoms with Gasteiger partial charge in [-0.05, 0) is 41.0 Å². The fraction of sp³-hybridized carbons (Fsp3) is 0.208. The average Bonchev–Trinajstić information content (AvgIpc) is 2.98. The third kappa shape index (κ3) is 3.93. The van der Waals surface area contributed by atoms with Crippen LogP contribution in [-0.4, -0.2) is 41.2 Å². The normalized spacial score (nSPS) is 18.4. The quantitative estimate of drug-likeness (QED) is 0.561. The number of imide groups is 1. The van der Waals surface area contributed by atoms with Gasteiger partial charge in [-0.15, -0.1) is 0 Å². The number of rotatable bonds is 5. The third-order valence-electron chi connectivity index (χ3n) is 5.69. The Kier molecular flexibility index (Phi) is 5.54. The molecule has 0 unspecified atom stereocenters. The number of carbonyl (C=O) groups excluding carboxylic acids is 3. The SMILES string of the molecule is CN(Cc1ccccc1Br)C(=O)CN1C(=O)N[C@@](C)(c2ccc3ccccc3c2)C1=O. The molecule has 31 heavy (non-hydrogen) atoms. The fourth-order valence-corrected chi connectivity index (χ4v) is 4.17. The number of nitrogens with one attached hydrogen (secondary N) is 1. The Labute approximate surface area is 189 Å². The number of carbonyl (C=O) groups is 3. The van der Waals surface area contributed by atoms with Crippen LogP contribution in [0.25, 0.3) is 10.8 Å². The van der Waals surface area contributed by atoms with Gasteiger partial charge in [-0.25, -0.2) is 4.79 Å². The van der Waals surface area contributed by atoms with Crippen molar-refractivity contribution < 1.29 is 14.4 Å². The molecule has 7 heteroatoms.